The maximum absolute atomic E-state index is 11.6. The molecule has 0 bridgehead atoms. The monoisotopic (exact) mass is 239 g/mol. The van der Waals surface area contributed by atoms with Gasteiger partial charge >= 0.3 is 5.97 Å². The molecule has 4 heteroatoms. The molecule has 1 aromatic heterocycles. The van der Waals surface area contributed by atoms with Gasteiger partial charge in [-0.3, -0.25) is 0 Å². The summed E-state index contributed by atoms with van der Waals surface area (Å²) in [4.78, 5) is 13.9. The Hall–Kier alpha value is -0.870. The first-order valence-corrected chi connectivity index (χ1v) is 6.49. The molecule has 0 aliphatic carbocycles. The molecular formula is C12H17NO2S. The summed E-state index contributed by atoms with van der Waals surface area (Å²) in [5, 5.41) is 4.00. The van der Waals surface area contributed by atoms with Gasteiger partial charge in [0.2, 0.25) is 0 Å². The summed E-state index contributed by atoms with van der Waals surface area (Å²) in [5.41, 5.74) is 1.95. The molecule has 0 radical (unpaired) electrons. The minimum atomic E-state index is -0.199. The van der Waals surface area contributed by atoms with Crippen molar-refractivity contribution in [2.45, 2.75) is 18.8 Å². The van der Waals surface area contributed by atoms with Crippen molar-refractivity contribution in [2.24, 2.45) is 0 Å². The van der Waals surface area contributed by atoms with Crippen molar-refractivity contribution in [1.82, 2.24) is 4.90 Å². The lowest BCUT2D eigenvalue weighted by atomic mass is 9.89. The minimum absolute atomic E-state index is 0.199. The molecule has 16 heavy (non-hydrogen) atoms. The van der Waals surface area contributed by atoms with Crippen LogP contribution in [0.3, 0.4) is 0 Å². The van der Waals surface area contributed by atoms with Crippen LogP contribution in [0, 0.1) is 0 Å². The van der Waals surface area contributed by atoms with Crippen molar-refractivity contribution in [3.8, 4) is 0 Å². The van der Waals surface area contributed by atoms with Crippen molar-refractivity contribution < 1.29 is 9.53 Å². The Labute approximate surface area is 100 Å². The van der Waals surface area contributed by atoms with Gasteiger partial charge < -0.3 is 9.64 Å². The van der Waals surface area contributed by atoms with E-state index in [0.717, 1.165) is 31.5 Å². The third kappa shape index (κ3) is 2.28. The smallest absolute Gasteiger partial charge is 0.338 e. The first-order valence-electron chi connectivity index (χ1n) is 5.55. The first-order chi connectivity index (χ1) is 7.72. The van der Waals surface area contributed by atoms with E-state index in [1.54, 1.807) is 11.3 Å². The van der Waals surface area contributed by atoms with Gasteiger partial charge in [-0.2, -0.15) is 11.3 Å². The van der Waals surface area contributed by atoms with Crippen LogP contribution in [0.5, 0.6) is 0 Å². The van der Waals surface area contributed by atoms with E-state index in [-0.39, 0.29) is 5.97 Å². The summed E-state index contributed by atoms with van der Waals surface area (Å²) in [6.45, 7) is 2.22. The molecular weight excluding hydrogens is 222 g/mol. The zero-order valence-corrected chi connectivity index (χ0v) is 10.5. The predicted octanol–water partition coefficient (Wildman–Crippen LogP) is 2.34. The van der Waals surface area contributed by atoms with Crippen molar-refractivity contribution in [2.75, 3.05) is 27.2 Å². The molecule has 0 amide bonds. The van der Waals surface area contributed by atoms with Gasteiger partial charge in [0.15, 0.2) is 0 Å². The molecule has 0 N–H and O–H groups in total. The number of hydrogen-bond acceptors (Lipinski definition) is 4. The number of esters is 1. The van der Waals surface area contributed by atoms with Gasteiger partial charge in [-0.1, -0.05) is 0 Å². The number of rotatable bonds is 2. The number of methoxy groups -OCH3 is 1. The summed E-state index contributed by atoms with van der Waals surface area (Å²) in [5.74, 6) is 0.326. The standard InChI is InChI=1S/C12H17NO2S/c1-13-5-3-9(4-6-13)10-7-16-8-11(10)12(14)15-2/h7-9H,3-6H2,1-2H3. The van der Waals surface area contributed by atoms with Crippen LogP contribution in [0.15, 0.2) is 10.8 Å². The number of piperidine rings is 1. The Bertz CT molecular complexity index is 367. The topological polar surface area (TPSA) is 29.5 Å². The second-order valence-corrected chi connectivity index (χ2v) is 5.05. The van der Waals surface area contributed by atoms with E-state index in [9.17, 15) is 4.79 Å². The van der Waals surface area contributed by atoms with Gasteiger partial charge in [0, 0.05) is 5.38 Å². The van der Waals surface area contributed by atoms with Crippen LogP contribution in [-0.4, -0.2) is 38.1 Å². The van der Waals surface area contributed by atoms with Gasteiger partial charge in [0.1, 0.15) is 0 Å². The molecule has 1 aromatic rings. The number of nitrogens with zero attached hydrogens (tertiary/aromatic N) is 1. The van der Waals surface area contributed by atoms with E-state index in [0.29, 0.717) is 5.92 Å². The average molecular weight is 239 g/mol. The van der Waals surface area contributed by atoms with Crippen LogP contribution in [0.1, 0.15) is 34.7 Å². The van der Waals surface area contributed by atoms with Gasteiger partial charge in [-0.25, -0.2) is 4.79 Å². The fraction of sp³-hybridized carbons (Fsp3) is 0.583. The Balaban J connectivity index is 2.14. The van der Waals surface area contributed by atoms with Crippen LogP contribution in [0.4, 0.5) is 0 Å². The average Bonchev–Trinajstić information content (AvgIpc) is 2.78. The summed E-state index contributed by atoms with van der Waals surface area (Å²) in [6.07, 6.45) is 2.27. The molecule has 1 saturated heterocycles. The van der Waals surface area contributed by atoms with E-state index in [2.05, 4.69) is 17.3 Å². The zero-order chi connectivity index (χ0) is 11.5. The summed E-state index contributed by atoms with van der Waals surface area (Å²) in [7, 11) is 3.59. The molecule has 3 nitrogen and oxygen atoms in total. The van der Waals surface area contributed by atoms with Gasteiger partial charge in [0.25, 0.3) is 0 Å². The van der Waals surface area contributed by atoms with E-state index in [1.807, 2.05) is 5.38 Å². The zero-order valence-electron chi connectivity index (χ0n) is 9.73. The number of carbonyl (C=O) groups excluding carboxylic acids is 1. The lowest BCUT2D eigenvalue weighted by Gasteiger charge is -2.29. The SMILES string of the molecule is COC(=O)c1cscc1C1CCN(C)CC1. The van der Waals surface area contributed by atoms with Crippen molar-refractivity contribution >= 4 is 17.3 Å². The largest absolute Gasteiger partial charge is 0.465 e. The molecule has 1 aliphatic heterocycles. The van der Waals surface area contributed by atoms with Crippen LogP contribution in [0.25, 0.3) is 0 Å². The van der Waals surface area contributed by atoms with Crippen molar-refractivity contribution in [3.05, 3.63) is 21.9 Å². The van der Waals surface area contributed by atoms with E-state index >= 15 is 0 Å². The highest BCUT2D eigenvalue weighted by Crippen LogP contribution is 2.32. The maximum Gasteiger partial charge on any atom is 0.338 e. The summed E-state index contributed by atoms with van der Waals surface area (Å²) < 4.78 is 4.80. The number of hydrogen-bond donors (Lipinski definition) is 0. The predicted molar refractivity (Wildman–Crippen MR) is 65.1 cm³/mol. The molecule has 0 saturated carbocycles. The third-order valence-electron chi connectivity index (χ3n) is 3.26. The highest BCUT2D eigenvalue weighted by molar-refractivity contribution is 7.08. The number of likely N-dealkylation sites (tertiary alicyclic amines) is 1. The maximum atomic E-state index is 11.6. The van der Waals surface area contributed by atoms with Crippen LogP contribution < -0.4 is 0 Å². The quantitative estimate of drug-likeness (QED) is 0.742. The molecule has 2 rings (SSSR count). The Morgan fingerprint density at radius 1 is 1.44 bits per heavy atom. The fourth-order valence-electron chi connectivity index (χ4n) is 2.22. The highest BCUT2D eigenvalue weighted by Gasteiger charge is 2.24. The van der Waals surface area contributed by atoms with Gasteiger partial charge in [-0.15, -0.1) is 0 Å². The Morgan fingerprint density at radius 2 is 2.12 bits per heavy atom. The van der Waals surface area contributed by atoms with E-state index in [1.165, 1.54) is 12.7 Å². The molecule has 0 unspecified atom stereocenters. The van der Waals surface area contributed by atoms with E-state index in [4.69, 9.17) is 4.74 Å². The van der Waals surface area contributed by atoms with Crippen molar-refractivity contribution in [3.63, 3.8) is 0 Å². The number of carbonyl (C=O) groups is 1. The molecule has 1 aliphatic rings. The molecule has 0 spiro atoms. The molecule has 0 aromatic carbocycles. The lowest BCUT2D eigenvalue weighted by molar-refractivity contribution is 0.0599. The number of ether oxygens (including phenoxy) is 1. The Kier molecular flexibility index (Phi) is 3.61. The Morgan fingerprint density at radius 3 is 2.75 bits per heavy atom. The molecule has 88 valence electrons. The first kappa shape index (κ1) is 11.6. The second kappa shape index (κ2) is 4.97. The lowest BCUT2D eigenvalue weighted by Crippen LogP contribution is -2.29. The number of thiophene rings is 1. The minimum Gasteiger partial charge on any atom is -0.465 e. The van der Waals surface area contributed by atoms with Gasteiger partial charge in [-0.05, 0) is 49.8 Å². The van der Waals surface area contributed by atoms with Crippen molar-refractivity contribution in [1.29, 1.82) is 0 Å². The van der Waals surface area contributed by atoms with Crippen LogP contribution in [-0.2, 0) is 4.74 Å². The molecule has 2 heterocycles. The molecule has 0 atom stereocenters. The van der Waals surface area contributed by atoms with Gasteiger partial charge in [0.05, 0.1) is 12.7 Å². The van der Waals surface area contributed by atoms with Crippen LogP contribution in [0.2, 0.25) is 0 Å². The normalized spacial score (nSPS) is 18.6. The summed E-state index contributed by atoms with van der Waals surface area (Å²) >= 11 is 1.59. The summed E-state index contributed by atoms with van der Waals surface area (Å²) in [6, 6.07) is 0. The molecule has 1 fully saturated rings. The highest BCUT2D eigenvalue weighted by atomic mass is 32.1. The second-order valence-electron chi connectivity index (χ2n) is 4.31. The van der Waals surface area contributed by atoms with E-state index < -0.39 is 0 Å². The van der Waals surface area contributed by atoms with Crippen LogP contribution >= 0.6 is 11.3 Å². The third-order valence-corrected chi connectivity index (χ3v) is 4.02. The fourth-order valence-corrected chi connectivity index (χ4v) is 3.12.